The average molecular weight is 347 g/mol. The normalized spacial score (nSPS) is 25.0. The number of ether oxygens (including phenoxy) is 1. The second-order valence-corrected chi connectivity index (χ2v) is 7.02. The minimum atomic E-state index is -0.490. The van der Waals surface area contributed by atoms with Crippen LogP contribution in [0.4, 0.5) is 5.69 Å². The zero-order valence-electron chi connectivity index (χ0n) is 15.0. The van der Waals surface area contributed by atoms with Crippen LogP contribution in [0.1, 0.15) is 18.4 Å². The summed E-state index contributed by atoms with van der Waals surface area (Å²) in [6.45, 7) is 7.76. The summed E-state index contributed by atoms with van der Waals surface area (Å²) in [6, 6.07) is 8.34. The van der Waals surface area contributed by atoms with Crippen molar-refractivity contribution in [3.05, 3.63) is 29.8 Å². The van der Waals surface area contributed by atoms with E-state index in [9.17, 15) is 9.90 Å². The summed E-state index contributed by atoms with van der Waals surface area (Å²) >= 11 is 0. The molecule has 2 aliphatic heterocycles. The van der Waals surface area contributed by atoms with E-state index in [1.54, 1.807) is 0 Å². The molecule has 2 atom stereocenters. The SMILES string of the molecule is Cc1cccc(N2CCN(CCC(=O)N[C@@H]3COCC[C@H]3O)CC2)c1. The fourth-order valence-electron chi connectivity index (χ4n) is 3.46. The average Bonchev–Trinajstić information content (AvgIpc) is 2.62. The quantitative estimate of drug-likeness (QED) is 0.824. The van der Waals surface area contributed by atoms with Gasteiger partial charge in [-0.3, -0.25) is 9.69 Å². The van der Waals surface area contributed by atoms with Crippen molar-refractivity contribution in [3.63, 3.8) is 0 Å². The molecule has 0 unspecified atom stereocenters. The number of carbonyl (C=O) groups is 1. The van der Waals surface area contributed by atoms with Crippen molar-refractivity contribution in [2.24, 2.45) is 0 Å². The standard InChI is InChI=1S/C19H29N3O3/c1-15-3-2-4-16(13-15)22-10-8-21(9-11-22)7-5-19(24)20-17-14-25-12-6-18(17)23/h2-4,13,17-18,23H,5-12,14H2,1H3,(H,20,24)/t17-,18-/m1/s1. The van der Waals surface area contributed by atoms with Crippen molar-refractivity contribution in [1.82, 2.24) is 10.2 Å². The lowest BCUT2D eigenvalue weighted by atomic mass is 10.1. The Morgan fingerprint density at radius 2 is 2.12 bits per heavy atom. The van der Waals surface area contributed by atoms with E-state index in [0.717, 1.165) is 32.7 Å². The molecule has 1 aromatic rings. The molecule has 0 aromatic heterocycles. The number of amides is 1. The van der Waals surface area contributed by atoms with Gasteiger partial charge in [-0.25, -0.2) is 0 Å². The van der Waals surface area contributed by atoms with Gasteiger partial charge < -0.3 is 20.1 Å². The highest BCUT2D eigenvalue weighted by atomic mass is 16.5. The Balaban J connectivity index is 1.38. The molecule has 2 N–H and O–H groups in total. The van der Waals surface area contributed by atoms with Crippen LogP contribution < -0.4 is 10.2 Å². The zero-order chi connectivity index (χ0) is 17.6. The van der Waals surface area contributed by atoms with E-state index in [4.69, 9.17) is 4.74 Å². The zero-order valence-corrected chi connectivity index (χ0v) is 15.0. The lowest BCUT2D eigenvalue weighted by Gasteiger charge is -2.36. The Bertz CT molecular complexity index is 573. The predicted octanol–water partition coefficient (Wildman–Crippen LogP) is 0.773. The van der Waals surface area contributed by atoms with E-state index in [-0.39, 0.29) is 11.9 Å². The Morgan fingerprint density at radius 1 is 1.32 bits per heavy atom. The molecule has 0 spiro atoms. The van der Waals surface area contributed by atoms with Crippen LogP contribution in [0.25, 0.3) is 0 Å². The highest BCUT2D eigenvalue weighted by Crippen LogP contribution is 2.17. The molecule has 0 aliphatic carbocycles. The summed E-state index contributed by atoms with van der Waals surface area (Å²) in [6.07, 6.45) is 0.565. The molecule has 0 bridgehead atoms. The fourth-order valence-corrected chi connectivity index (χ4v) is 3.46. The lowest BCUT2D eigenvalue weighted by Crippen LogP contribution is -2.51. The van der Waals surface area contributed by atoms with E-state index >= 15 is 0 Å². The number of aliphatic hydroxyl groups is 1. The molecule has 138 valence electrons. The number of anilines is 1. The number of rotatable bonds is 5. The first kappa shape index (κ1) is 18.2. The minimum absolute atomic E-state index is 0.00402. The van der Waals surface area contributed by atoms with Gasteiger partial charge in [0, 0.05) is 51.4 Å². The predicted molar refractivity (Wildman–Crippen MR) is 97.8 cm³/mol. The van der Waals surface area contributed by atoms with Gasteiger partial charge >= 0.3 is 0 Å². The first-order chi connectivity index (χ1) is 12.1. The smallest absolute Gasteiger partial charge is 0.221 e. The summed E-state index contributed by atoms with van der Waals surface area (Å²) in [5.74, 6) is -0.00402. The van der Waals surface area contributed by atoms with Crippen LogP contribution in [-0.2, 0) is 9.53 Å². The van der Waals surface area contributed by atoms with Gasteiger partial charge in [0.1, 0.15) is 0 Å². The van der Waals surface area contributed by atoms with Gasteiger partial charge in [-0.1, -0.05) is 12.1 Å². The summed E-state index contributed by atoms with van der Waals surface area (Å²) in [5, 5.41) is 12.8. The lowest BCUT2D eigenvalue weighted by molar-refractivity contribution is -0.125. The van der Waals surface area contributed by atoms with Gasteiger partial charge in [0.25, 0.3) is 0 Å². The minimum Gasteiger partial charge on any atom is -0.391 e. The highest BCUT2D eigenvalue weighted by Gasteiger charge is 2.25. The molecule has 6 nitrogen and oxygen atoms in total. The number of nitrogens with zero attached hydrogens (tertiary/aromatic N) is 2. The van der Waals surface area contributed by atoms with Crippen molar-refractivity contribution in [2.45, 2.75) is 31.9 Å². The molecule has 2 saturated heterocycles. The van der Waals surface area contributed by atoms with Gasteiger partial charge in [-0.05, 0) is 31.0 Å². The molecule has 25 heavy (non-hydrogen) atoms. The topological polar surface area (TPSA) is 65.0 Å². The van der Waals surface area contributed by atoms with Crippen molar-refractivity contribution in [3.8, 4) is 0 Å². The molecule has 3 rings (SSSR count). The van der Waals surface area contributed by atoms with Gasteiger partial charge in [-0.15, -0.1) is 0 Å². The van der Waals surface area contributed by atoms with Gasteiger partial charge in [0.05, 0.1) is 18.8 Å². The van der Waals surface area contributed by atoms with Gasteiger partial charge in [0.2, 0.25) is 5.91 Å². The number of benzene rings is 1. The Morgan fingerprint density at radius 3 is 2.84 bits per heavy atom. The maximum atomic E-state index is 12.1. The van der Waals surface area contributed by atoms with Crippen molar-refractivity contribution in [2.75, 3.05) is 50.8 Å². The third-order valence-corrected chi connectivity index (χ3v) is 5.06. The molecule has 0 saturated carbocycles. The van der Waals surface area contributed by atoms with Crippen LogP contribution in [0.15, 0.2) is 24.3 Å². The van der Waals surface area contributed by atoms with Gasteiger partial charge in [-0.2, -0.15) is 0 Å². The van der Waals surface area contributed by atoms with Crippen LogP contribution in [-0.4, -0.2) is 74.0 Å². The van der Waals surface area contributed by atoms with E-state index in [0.29, 0.717) is 26.1 Å². The molecular formula is C19H29N3O3. The van der Waals surface area contributed by atoms with Crippen molar-refractivity contribution >= 4 is 11.6 Å². The molecule has 0 radical (unpaired) electrons. The number of carbonyl (C=O) groups excluding carboxylic acids is 1. The Hall–Kier alpha value is -1.63. The first-order valence-electron chi connectivity index (χ1n) is 9.21. The monoisotopic (exact) mass is 347 g/mol. The first-order valence-corrected chi connectivity index (χ1v) is 9.21. The third-order valence-electron chi connectivity index (χ3n) is 5.06. The Labute approximate surface area is 149 Å². The van der Waals surface area contributed by atoms with Gasteiger partial charge in [0.15, 0.2) is 0 Å². The number of hydrogen-bond acceptors (Lipinski definition) is 5. The number of aliphatic hydroxyl groups excluding tert-OH is 1. The molecule has 2 aliphatic rings. The van der Waals surface area contributed by atoms with Crippen molar-refractivity contribution in [1.29, 1.82) is 0 Å². The fraction of sp³-hybridized carbons (Fsp3) is 0.632. The van der Waals surface area contributed by atoms with Crippen LogP contribution in [0.3, 0.4) is 0 Å². The molecule has 2 fully saturated rings. The van der Waals surface area contributed by atoms with E-state index in [2.05, 4.69) is 46.3 Å². The number of nitrogens with one attached hydrogen (secondary N) is 1. The molecule has 1 aromatic carbocycles. The van der Waals surface area contributed by atoms with Crippen LogP contribution in [0, 0.1) is 6.92 Å². The summed E-state index contributed by atoms with van der Waals surface area (Å²) in [7, 11) is 0. The summed E-state index contributed by atoms with van der Waals surface area (Å²) in [5.41, 5.74) is 2.56. The number of piperazine rings is 1. The molecule has 1 amide bonds. The third kappa shape index (κ3) is 5.17. The van der Waals surface area contributed by atoms with Crippen molar-refractivity contribution < 1.29 is 14.6 Å². The second kappa shape index (κ2) is 8.65. The molecule has 2 heterocycles. The van der Waals surface area contributed by atoms with Crippen LogP contribution in [0.5, 0.6) is 0 Å². The highest BCUT2D eigenvalue weighted by molar-refractivity contribution is 5.76. The number of aryl methyl sites for hydroxylation is 1. The maximum Gasteiger partial charge on any atom is 0.221 e. The largest absolute Gasteiger partial charge is 0.391 e. The van der Waals surface area contributed by atoms with Crippen LogP contribution >= 0.6 is 0 Å². The molecular weight excluding hydrogens is 318 g/mol. The number of hydrogen-bond donors (Lipinski definition) is 2. The van der Waals surface area contributed by atoms with E-state index in [1.807, 2.05) is 0 Å². The summed E-state index contributed by atoms with van der Waals surface area (Å²) < 4.78 is 5.32. The maximum absolute atomic E-state index is 12.1. The molecule has 6 heteroatoms. The second-order valence-electron chi connectivity index (χ2n) is 7.02. The Kier molecular flexibility index (Phi) is 6.29. The van der Waals surface area contributed by atoms with Crippen LogP contribution in [0.2, 0.25) is 0 Å². The van der Waals surface area contributed by atoms with E-state index in [1.165, 1.54) is 11.3 Å². The van der Waals surface area contributed by atoms with E-state index < -0.39 is 6.10 Å². The summed E-state index contributed by atoms with van der Waals surface area (Å²) in [4.78, 5) is 16.8.